The summed E-state index contributed by atoms with van der Waals surface area (Å²) in [5.41, 5.74) is 12.7. The Kier molecular flexibility index (Phi) is 5.28. The SMILES string of the molecule is C=C[C@]1(CCc2cc(F)c3cc(Cl)c(N)nc3c2)CC[C@@]2(n3ccc4c(N)ncnc43)OC(C)(C)O[C@H]12. The van der Waals surface area contributed by atoms with Crippen molar-refractivity contribution in [1.29, 1.82) is 0 Å². The number of ether oxygens (including phenoxy) is 2. The lowest BCUT2D eigenvalue weighted by Crippen LogP contribution is -2.44. The second kappa shape index (κ2) is 8.11. The maximum atomic E-state index is 15.0. The molecule has 1 aliphatic carbocycles. The molecular weight excluding hydrogens is 495 g/mol. The van der Waals surface area contributed by atoms with E-state index >= 15 is 0 Å². The number of rotatable bonds is 5. The minimum absolute atomic E-state index is 0.177. The molecule has 4 N–H and O–H groups in total. The maximum Gasteiger partial charge on any atom is 0.176 e. The van der Waals surface area contributed by atoms with E-state index in [0.29, 0.717) is 41.6 Å². The van der Waals surface area contributed by atoms with Crippen molar-refractivity contribution >= 4 is 45.2 Å². The molecule has 0 bridgehead atoms. The van der Waals surface area contributed by atoms with Crippen LogP contribution in [0.4, 0.5) is 16.0 Å². The zero-order valence-corrected chi connectivity index (χ0v) is 21.4. The van der Waals surface area contributed by atoms with Crippen LogP contribution in [0.5, 0.6) is 0 Å². The second-order valence-corrected chi connectivity index (χ2v) is 10.9. The summed E-state index contributed by atoms with van der Waals surface area (Å²) in [6.45, 7) is 8.03. The molecule has 1 aliphatic heterocycles. The van der Waals surface area contributed by atoms with E-state index in [-0.39, 0.29) is 22.8 Å². The highest BCUT2D eigenvalue weighted by Crippen LogP contribution is 2.60. The highest BCUT2D eigenvalue weighted by atomic mass is 35.5. The molecule has 10 heteroatoms. The van der Waals surface area contributed by atoms with Gasteiger partial charge < -0.3 is 25.5 Å². The van der Waals surface area contributed by atoms with Crippen molar-refractivity contribution in [3.05, 3.63) is 65.8 Å². The van der Waals surface area contributed by atoms with Crippen LogP contribution in [-0.4, -0.2) is 31.4 Å². The Bertz CT molecular complexity index is 1570. The molecule has 3 aromatic heterocycles. The zero-order valence-electron chi connectivity index (χ0n) is 20.7. The highest BCUT2D eigenvalue weighted by Gasteiger charge is 2.66. The first-order chi connectivity index (χ1) is 17.6. The molecule has 192 valence electrons. The van der Waals surface area contributed by atoms with Crippen molar-refractivity contribution in [3.63, 3.8) is 0 Å². The summed E-state index contributed by atoms with van der Waals surface area (Å²) < 4.78 is 30.2. The van der Waals surface area contributed by atoms with E-state index in [1.807, 2.05) is 42.8 Å². The van der Waals surface area contributed by atoms with Gasteiger partial charge in [-0.1, -0.05) is 17.7 Å². The molecule has 37 heavy (non-hydrogen) atoms. The molecule has 0 amide bonds. The van der Waals surface area contributed by atoms with Crippen molar-refractivity contribution in [2.24, 2.45) is 5.41 Å². The van der Waals surface area contributed by atoms with Crippen LogP contribution in [-0.2, 0) is 21.6 Å². The van der Waals surface area contributed by atoms with Gasteiger partial charge in [0.1, 0.15) is 35.5 Å². The molecule has 1 saturated carbocycles. The van der Waals surface area contributed by atoms with Gasteiger partial charge in [-0.05, 0) is 69.4 Å². The molecule has 1 saturated heterocycles. The molecule has 3 atom stereocenters. The Morgan fingerprint density at radius 2 is 2.00 bits per heavy atom. The van der Waals surface area contributed by atoms with E-state index < -0.39 is 16.9 Å². The highest BCUT2D eigenvalue weighted by molar-refractivity contribution is 6.33. The van der Waals surface area contributed by atoms with Crippen LogP contribution in [0.15, 0.2) is 49.4 Å². The average molecular weight is 523 g/mol. The van der Waals surface area contributed by atoms with Gasteiger partial charge in [-0.2, -0.15) is 0 Å². The van der Waals surface area contributed by atoms with Gasteiger partial charge in [-0.25, -0.2) is 19.3 Å². The first-order valence-electron chi connectivity index (χ1n) is 12.2. The van der Waals surface area contributed by atoms with Crippen LogP contribution >= 0.6 is 11.6 Å². The largest absolute Gasteiger partial charge is 0.383 e. The van der Waals surface area contributed by atoms with Crippen LogP contribution in [0.2, 0.25) is 5.02 Å². The molecule has 6 rings (SSSR count). The van der Waals surface area contributed by atoms with Gasteiger partial charge >= 0.3 is 0 Å². The van der Waals surface area contributed by atoms with Crippen molar-refractivity contribution in [3.8, 4) is 0 Å². The number of pyridine rings is 1. The molecule has 0 unspecified atom stereocenters. The summed E-state index contributed by atoms with van der Waals surface area (Å²) in [6.07, 6.45) is 7.72. The monoisotopic (exact) mass is 522 g/mol. The summed E-state index contributed by atoms with van der Waals surface area (Å²) in [5, 5.41) is 1.34. The zero-order chi connectivity index (χ0) is 26.2. The molecular formula is C27H28ClFN6O2. The van der Waals surface area contributed by atoms with Gasteiger partial charge in [0.25, 0.3) is 0 Å². The number of nitrogen functional groups attached to an aromatic ring is 2. The lowest BCUT2D eigenvalue weighted by Gasteiger charge is -2.35. The van der Waals surface area contributed by atoms with E-state index in [9.17, 15) is 4.39 Å². The second-order valence-electron chi connectivity index (χ2n) is 10.5. The molecule has 2 aliphatic rings. The quantitative estimate of drug-likeness (QED) is 0.340. The third kappa shape index (κ3) is 3.59. The van der Waals surface area contributed by atoms with Crippen LogP contribution in [0, 0.1) is 11.2 Å². The van der Waals surface area contributed by atoms with Crippen molar-refractivity contribution in [2.45, 2.75) is 57.1 Å². The van der Waals surface area contributed by atoms with Gasteiger partial charge in [0, 0.05) is 17.0 Å². The number of hydrogen-bond acceptors (Lipinski definition) is 7. The first kappa shape index (κ1) is 24.1. The molecule has 2 fully saturated rings. The van der Waals surface area contributed by atoms with Gasteiger partial charge in [0.15, 0.2) is 11.5 Å². The van der Waals surface area contributed by atoms with Crippen molar-refractivity contribution in [2.75, 3.05) is 11.5 Å². The van der Waals surface area contributed by atoms with Crippen LogP contribution in [0.3, 0.4) is 0 Å². The number of hydrogen-bond donors (Lipinski definition) is 2. The number of nitrogens with two attached hydrogens (primary N) is 2. The molecule has 0 spiro atoms. The standard InChI is InChI=1S/C27H28ClFN6O2/c1-4-26(7-5-15-11-19(29)17-13-18(28)22(31)34-20(17)12-15)8-9-27(24(26)36-25(2,3)37-27)35-10-6-16-21(30)32-14-33-23(16)35/h4,6,10-14,24H,1,5,7-9H2,2-3H3,(H2,31,34)(H2,30,32,33)/t24-,26+,27-/m1/s1. The molecule has 4 aromatic rings. The number of nitrogens with zero attached hydrogens (tertiary/aromatic N) is 4. The van der Waals surface area contributed by atoms with E-state index in [0.717, 1.165) is 17.4 Å². The number of halogens is 2. The minimum Gasteiger partial charge on any atom is -0.383 e. The Hall–Kier alpha value is -3.27. The fourth-order valence-corrected chi connectivity index (χ4v) is 6.26. The van der Waals surface area contributed by atoms with Crippen LogP contribution in [0.25, 0.3) is 21.9 Å². The minimum atomic E-state index is -0.829. The lowest BCUT2D eigenvalue weighted by atomic mass is 9.78. The first-order valence-corrected chi connectivity index (χ1v) is 12.6. The van der Waals surface area contributed by atoms with Gasteiger partial charge in [0.05, 0.1) is 15.9 Å². The Morgan fingerprint density at radius 1 is 1.19 bits per heavy atom. The Morgan fingerprint density at radius 3 is 2.78 bits per heavy atom. The summed E-state index contributed by atoms with van der Waals surface area (Å²) in [4.78, 5) is 12.9. The summed E-state index contributed by atoms with van der Waals surface area (Å²) >= 11 is 6.05. The molecule has 1 aromatic carbocycles. The van der Waals surface area contributed by atoms with Crippen LogP contribution < -0.4 is 11.5 Å². The fraction of sp³-hybridized carbons (Fsp3) is 0.370. The predicted molar refractivity (Wildman–Crippen MR) is 141 cm³/mol. The summed E-state index contributed by atoms with van der Waals surface area (Å²) in [7, 11) is 0. The third-order valence-corrected chi connectivity index (χ3v) is 8.14. The number of benzene rings is 1. The summed E-state index contributed by atoms with van der Waals surface area (Å²) in [5.74, 6) is -0.620. The van der Waals surface area contributed by atoms with Gasteiger partial charge in [-0.3, -0.25) is 0 Å². The van der Waals surface area contributed by atoms with E-state index in [2.05, 4.69) is 21.5 Å². The Balaban J connectivity index is 1.38. The molecule has 8 nitrogen and oxygen atoms in total. The Labute approximate surface area is 218 Å². The number of aryl methyl sites for hydroxylation is 1. The van der Waals surface area contributed by atoms with E-state index in [1.54, 1.807) is 0 Å². The number of anilines is 2. The topological polar surface area (TPSA) is 114 Å². The molecule has 4 heterocycles. The van der Waals surface area contributed by atoms with E-state index in [4.69, 9.17) is 32.5 Å². The predicted octanol–water partition coefficient (Wildman–Crippen LogP) is 5.34. The van der Waals surface area contributed by atoms with Crippen LogP contribution in [0.1, 0.15) is 38.7 Å². The number of fused-ring (bicyclic) bond motifs is 3. The van der Waals surface area contributed by atoms with Gasteiger partial charge in [0.2, 0.25) is 0 Å². The smallest absolute Gasteiger partial charge is 0.176 e. The third-order valence-electron chi connectivity index (χ3n) is 7.83. The maximum absolute atomic E-state index is 15.0. The normalized spacial score (nSPS) is 26.6. The van der Waals surface area contributed by atoms with Gasteiger partial charge in [-0.15, -0.1) is 6.58 Å². The van der Waals surface area contributed by atoms with E-state index in [1.165, 1.54) is 18.5 Å². The summed E-state index contributed by atoms with van der Waals surface area (Å²) in [6, 6.07) is 6.81. The number of aromatic nitrogens is 4. The average Bonchev–Trinajstić information content (AvgIpc) is 3.49. The van der Waals surface area contributed by atoms with Crippen molar-refractivity contribution < 1.29 is 13.9 Å². The lowest BCUT2D eigenvalue weighted by molar-refractivity contribution is -0.188. The van der Waals surface area contributed by atoms with Crippen molar-refractivity contribution in [1.82, 2.24) is 19.5 Å². The molecule has 0 radical (unpaired) electrons. The fourth-order valence-electron chi connectivity index (χ4n) is 6.11.